The summed E-state index contributed by atoms with van der Waals surface area (Å²) in [5.41, 5.74) is 3.15. The van der Waals surface area contributed by atoms with Crippen molar-refractivity contribution in [1.29, 1.82) is 0 Å². The molecule has 0 heterocycles. The van der Waals surface area contributed by atoms with Crippen LogP contribution in [0.2, 0.25) is 0 Å². The molecule has 1 atom stereocenters. The van der Waals surface area contributed by atoms with Gasteiger partial charge < -0.3 is 10.6 Å². The first-order valence-electron chi connectivity index (χ1n) is 2.39. The monoisotopic (exact) mass is 165 g/mol. The highest BCUT2D eigenvalue weighted by atomic mass is 31.2. The quantitative estimate of drug-likeness (QED) is 0.467. The van der Waals surface area contributed by atoms with Crippen molar-refractivity contribution in [3.05, 3.63) is 12.7 Å². The van der Waals surface area contributed by atoms with Gasteiger partial charge in [0.25, 0.3) is 0 Å². The summed E-state index contributed by atoms with van der Waals surface area (Å²) in [5, 5.41) is 0. The zero-order valence-corrected chi connectivity index (χ0v) is 6.08. The third-order valence-electron chi connectivity index (χ3n) is 0.646. The Hall–Kier alpha value is -0.640. The second-order valence-corrected chi connectivity index (χ2v) is 3.18. The summed E-state index contributed by atoms with van der Waals surface area (Å²) in [4.78, 5) is 18.6. The van der Waals surface area contributed by atoms with Crippen molar-refractivity contribution in [1.82, 2.24) is 0 Å². The molecule has 0 aromatic carbocycles. The van der Waals surface area contributed by atoms with Crippen LogP contribution in [0, 0.1) is 0 Å². The second-order valence-electron chi connectivity index (χ2n) is 1.44. The predicted molar refractivity (Wildman–Crippen MR) is 35.6 cm³/mol. The molecule has 3 N–H and O–H groups in total. The zero-order chi connectivity index (χ0) is 8.20. The van der Waals surface area contributed by atoms with Crippen molar-refractivity contribution in [2.75, 3.05) is 6.61 Å². The Balaban J connectivity index is 4.00. The fraction of sp³-hybridized carbons (Fsp3) is 0.250. The van der Waals surface area contributed by atoms with Crippen molar-refractivity contribution >= 4 is 13.2 Å². The number of carbonyl (C=O) groups excluding carboxylic acids is 1. The molecule has 0 aliphatic carbocycles. The molecule has 1 unspecified atom stereocenters. The highest BCUT2D eigenvalue weighted by Crippen LogP contribution is 2.40. The largest absolute Gasteiger partial charge is 0.415 e. The normalized spacial score (nSPS) is 15.7. The van der Waals surface area contributed by atoms with Crippen LogP contribution in [0.5, 0.6) is 0 Å². The molecule has 0 radical (unpaired) electrons. The number of nitrogens with two attached hydrogens (primary N) is 1. The highest BCUT2D eigenvalue weighted by molar-refractivity contribution is 7.70. The van der Waals surface area contributed by atoms with Gasteiger partial charge in [0, 0.05) is 0 Å². The molecule has 0 fully saturated rings. The van der Waals surface area contributed by atoms with Gasteiger partial charge in [-0.3, -0.25) is 9.32 Å². The van der Waals surface area contributed by atoms with Crippen LogP contribution >= 0.6 is 7.60 Å². The predicted octanol–water partition coefficient (Wildman–Crippen LogP) is 0.453. The summed E-state index contributed by atoms with van der Waals surface area (Å²) >= 11 is 0. The van der Waals surface area contributed by atoms with Gasteiger partial charge in [0.1, 0.15) is 0 Å². The molecule has 0 saturated carbocycles. The Morgan fingerprint density at radius 3 is 2.70 bits per heavy atom. The summed E-state index contributed by atoms with van der Waals surface area (Å²) in [7, 11) is -4.21. The first-order valence-corrected chi connectivity index (χ1v) is 3.96. The van der Waals surface area contributed by atoms with Crippen molar-refractivity contribution < 1.29 is 18.8 Å². The summed E-state index contributed by atoms with van der Waals surface area (Å²) < 4.78 is 14.6. The van der Waals surface area contributed by atoms with Gasteiger partial charge in [0.05, 0.1) is 6.61 Å². The second kappa shape index (κ2) is 3.51. The SMILES string of the molecule is C=CCOP(=O)(O)C(N)=O. The maximum atomic E-state index is 10.5. The molecule has 1 amide bonds. The number of rotatable bonds is 4. The standard InChI is InChI=1S/C4H8NO4P/c1-2-3-9-10(7,8)4(5)6/h2H,1,3H2,(H2,5,6)(H,7,8). The lowest BCUT2D eigenvalue weighted by Gasteiger charge is -2.04. The Labute approximate surface area is 58.0 Å². The van der Waals surface area contributed by atoms with Crippen LogP contribution in [-0.4, -0.2) is 17.1 Å². The van der Waals surface area contributed by atoms with Crippen LogP contribution in [0.1, 0.15) is 0 Å². The fourth-order valence-corrected chi connectivity index (χ4v) is 0.652. The maximum absolute atomic E-state index is 10.5. The van der Waals surface area contributed by atoms with Crippen LogP contribution < -0.4 is 5.73 Å². The smallest absolute Gasteiger partial charge is 0.359 e. The first kappa shape index (κ1) is 9.36. The summed E-state index contributed by atoms with van der Waals surface area (Å²) in [6, 6.07) is 0. The average Bonchev–Trinajstić information content (AvgIpc) is 1.84. The van der Waals surface area contributed by atoms with Crippen LogP contribution in [0.25, 0.3) is 0 Å². The zero-order valence-electron chi connectivity index (χ0n) is 5.19. The van der Waals surface area contributed by atoms with Gasteiger partial charge in [0.2, 0.25) is 0 Å². The van der Waals surface area contributed by atoms with E-state index < -0.39 is 13.2 Å². The van der Waals surface area contributed by atoms with Crippen molar-refractivity contribution in [3.63, 3.8) is 0 Å². The Bertz CT molecular complexity index is 190. The molecular weight excluding hydrogens is 157 g/mol. The Kier molecular flexibility index (Phi) is 3.28. The molecule has 0 bridgehead atoms. The van der Waals surface area contributed by atoms with E-state index in [-0.39, 0.29) is 6.61 Å². The van der Waals surface area contributed by atoms with E-state index in [1.807, 2.05) is 0 Å². The number of amides is 1. The summed E-state index contributed by atoms with van der Waals surface area (Å²) in [5.74, 6) is 0. The average molecular weight is 165 g/mol. The number of carbonyl (C=O) groups is 1. The van der Waals surface area contributed by atoms with E-state index in [0.29, 0.717) is 0 Å². The number of hydrogen-bond donors (Lipinski definition) is 2. The van der Waals surface area contributed by atoms with Gasteiger partial charge >= 0.3 is 13.2 Å². The van der Waals surface area contributed by atoms with Crippen molar-refractivity contribution in [3.8, 4) is 0 Å². The van der Waals surface area contributed by atoms with Crippen molar-refractivity contribution in [2.45, 2.75) is 0 Å². The molecule has 5 nitrogen and oxygen atoms in total. The van der Waals surface area contributed by atoms with E-state index in [1.54, 1.807) is 0 Å². The third-order valence-corrected chi connectivity index (χ3v) is 1.70. The molecule has 0 saturated heterocycles. The summed E-state index contributed by atoms with van der Waals surface area (Å²) in [6.45, 7) is 3.04. The van der Waals surface area contributed by atoms with Gasteiger partial charge in [-0.2, -0.15) is 0 Å². The minimum Gasteiger partial charge on any atom is -0.359 e. The molecule has 0 aliphatic heterocycles. The van der Waals surface area contributed by atoms with Gasteiger partial charge in [-0.25, -0.2) is 4.57 Å². The van der Waals surface area contributed by atoms with E-state index in [0.717, 1.165) is 0 Å². The summed E-state index contributed by atoms with van der Waals surface area (Å²) in [6.07, 6.45) is 1.24. The Morgan fingerprint density at radius 1 is 1.90 bits per heavy atom. The number of hydrogen-bond acceptors (Lipinski definition) is 3. The van der Waals surface area contributed by atoms with Crippen LogP contribution in [-0.2, 0) is 9.09 Å². The minimum atomic E-state index is -4.21. The first-order chi connectivity index (χ1) is 4.50. The van der Waals surface area contributed by atoms with E-state index in [2.05, 4.69) is 16.8 Å². The fourth-order valence-electron chi connectivity index (χ4n) is 0.217. The molecule has 0 aliphatic rings. The molecule has 58 valence electrons. The molecule has 0 aromatic rings. The van der Waals surface area contributed by atoms with Crippen molar-refractivity contribution in [2.24, 2.45) is 5.73 Å². The highest BCUT2D eigenvalue weighted by Gasteiger charge is 2.26. The molecular formula is C4H8NO4P. The lowest BCUT2D eigenvalue weighted by atomic mass is 10.7. The van der Waals surface area contributed by atoms with E-state index in [1.165, 1.54) is 6.08 Å². The van der Waals surface area contributed by atoms with Gasteiger partial charge in [-0.05, 0) is 0 Å². The van der Waals surface area contributed by atoms with Crippen LogP contribution in [0.3, 0.4) is 0 Å². The van der Waals surface area contributed by atoms with Crippen LogP contribution in [0.4, 0.5) is 4.79 Å². The topological polar surface area (TPSA) is 89.6 Å². The molecule has 10 heavy (non-hydrogen) atoms. The number of primary amides is 1. The molecule has 0 aromatic heterocycles. The van der Waals surface area contributed by atoms with Gasteiger partial charge in [0.15, 0.2) is 0 Å². The van der Waals surface area contributed by atoms with Crippen LogP contribution in [0.15, 0.2) is 12.7 Å². The lowest BCUT2D eigenvalue weighted by Crippen LogP contribution is -2.10. The van der Waals surface area contributed by atoms with Gasteiger partial charge in [-0.1, -0.05) is 6.08 Å². The molecule has 0 rings (SSSR count). The lowest BCUT2D eigenvalue weighted by molar-refractivity contribution is 0.244. The van der Waals surface area contributed by atoms with E-state index in [4.69, 9.17) is 4.89 Å². The maximum Gasteiger partial charge on any atom is 0.415 e. The van der Waals surface area contributed by atoms with Gasteiger partial charge in [-0.15, -0.1) is 6.58 Å². The Morgan fingerprint density at radius 2 is 2.40 bits per heavy atom. The minimum absolute atomic E-state index is 0.170. The van der Waals surface area contributed by atoms with E-state index >= 15 is 0 Å². The molecule has 0 spiro atoms. The third kappa shape index (κ3) is 2.77. The van der Waals surface area contributed by atoms with E-state index in [9.17, 15) is 9.36 Å². The molecule has 6 heteroatoms.